The summed E-state index contributed by atoms with van der Waals surface area (Å²) in [5.41, 5.74) is 6.45. The van der Waals surface area contributed by atoms with Gasteiger partial charge >= 0.3 is 0 Å². The summed E-state index contributed by atoms with van der Waals surface area (Å²) in [6.45, 7) is 4.38. The first-order valence-corrected chi connectivity index (χ1v) is 9.49. The average Bonchev–Trinajstić information content (AvgIpc) is 2.66. The molecule has 134 valence electrons. The first kappa shape index (κ1) is 16.2. The summed E-state index contributed by atoms with van der Waals surface area (Å²) in [6, 6.07) is 18.5. The van der Waals surface area contributed by atoms with Crippen LogP contribution in [0.15, 0.2) is 66.4 Å². The Bertz CT molecular complexity index is 1100. The highest BCUT2D eigenvalue weighted by atomic mass is 16.1. The Morgan fingerprint density at radius 2 is 1.81 bits per heavy atom. The van der Waals surface area contributed by atoms with E-state index in [1.807, 2.05) is 30.5 Å². The van der Waals surface area contributed by atoms with Gasteiger partial charge in [0.1, 0.15) is 0 Å². The number of rotatable bonds is 1. The van der Waals surface area contributed by atoms with E-state index in [0.29, 0.717) is 6.42 Å². The maximum Gasteiger partial charge on any atom is 0.162 e. The summed E-state index contributed by atoms with van der Waals surface area (Å²) in [7, 11) is 0. The van der Waals surface area contributed by atoms with Crippen molar-refractivity contribution in [2.45, 2.75) is 32.7 Å². The van der Waals surface area contributed by atoms with Gasteiger partial charge in [0.15, 0.2) is 5.78 Å². The highest BCUT2D eigenvalue weighted by Gasteiger charge is 2.40. The molecule has 3 aromatic rings. The van der Waals surface area contributed by atoms with Crippen LogP contribution in [0.3, 0.4) is 0 Å². The zero-order chi connectivity index (χ0) is 18.6. The van der Waals surface area contributed by atoms with Crippen molar-refractivity contribution in [3.8, 4) is 0 Å². The molecule has 0 bridgehead atoms. The van der Waals surface area contributed by atoms with Crippen LogP contribution in [0.2, 0.25) is 0 Å². The Morgan fingerprint density at radius 3 is 2.63 bits per heavy atom. The van der Waals surface area contributed by atoms with E-state index in [2.05, 4.69) is 54.5 Å². The number of nitrogens with one attached hydrogen (secondary N) is 1. The molecule has 0 amide bonds. The standard InChI is InChI=1S/C24H22N2O/c1-24(2)13-17-21-16-9-6-12-25-18(16)10-11-19(21)26-23(22(17)20(27)14-24)15-7-4-3-5-8-15/h3-12,23,26H,13-14H2,1-2H3. The van der Waals surface area contributed by atoms with E-state index in [9.17, 15) is 4.79 Å². The molecule has 1 aliphatic carbocycles. The van der Waals surface area contributed by atoms with Crippen molar-refractivity contribution >= 4 is 27.9 Å². The van der Waals surface area contributed by atoms with E-state index in [1.54, 1.807) is 0 Å². The van der Waals surface area contributed by atoms with Gasteiger partial charge < -0.3 is 5.32 Å². The van der Waals surface area contributed by atoms with Gasteiger partial charge in [0, 0.05) is 34.8 Å². The van der Waals surface area contributed by atoms with Crippen molar-refractivity contribution in [1.82, 2.24) is 4.98 Å². The normalized spacial score (nSPS) is 20.8. The molecule has 1 N–H and O–H groups in total. The molecule has 3 nitrogen and oxygen atoms in total. The number of carbonyl (C=O) groups excluding carboxylic acids is 1. The molecule has 3 heteroatoms. The van der Waals surface area contributed by atoms with E-state index < -0.39 is 0 Å². The lowest BCUT2D eigenvalue weighted by molar-refractivity contribution is -0.118. The topological polar surface area (TPSA) is 42.0 Å². The number of anilines is 1. The lowest BCUT2D eigenvalue weighted by atomic mass is 9.68. The van der Waals surface area contributed by atoms with Crippen LogP contribution >= 0.6 is 0 Å². The number of hydrogen-bond acceptors (Lipinski definition) is 3. The fraction of sp³-hybridized carbons (Fsp3) is 0.250. The lowest BCUT2D eigenvalue weighted by Gasteiger charge is -2.40. The van der Waals surface area contributed by atoms with Crippen LogP contribution in [-0.2, 0) is 4.79 Å². The number of fused-ring (bicyclic) bond motifs is 4. The number of benzene rings is 2. The fourth-order valence-electron chi connectivity index (χ4n) is 4.61. The monoisotopic (exact) mass is 354 g/mol. The Hall–Kier alpha value is -2.94. The van der Waals surface area contributed by atoms with Gasteiger partial charge in [-0.15, -0.1) is 0 Å². The number of carbonyl (C=O) groups is 1. The number of Topliss-reactive ketones (excluding diaryl/α,β-unsaturated/α-hetero) is 1. The number of ketones is 1. The molecule has 0 radical (unpaired) electrons. The molecule has 0 saturated carbocycles. The van der Waals surface area contributed by atoms with E-state index in [1.165, 1.54) is 5.57 Å². The second kappa shape index (κ2) is 5.78. The minimum Gasteiger partial charge on any atom is -0.373 e. The van der Waals surface area contributed by atoms with Crippen LogP contribution in [-0.4, -0.2) is 10.8 Å². The van der Waals surface area contributed by atoms with Crippen LogP contribution in [0.5, 0.6) is 0 Å². The van der Waals surface area contributed by atoms with Crippen LogP contribution in [0.1, 0.15) is 43.9 Å². The predicted octanol–water partition coefficient (Wildman–Crippen LogP) is 5.54. The third-order valence-electron chi connectivity index (χ3n) is 5.73. The molecular weight excluding hydrogens is 332 g/mol. The van der Waals surface area contributed by atoms with Crippen molar-refractivity contribution in [2.75, 3.05) is 5.32 Å². The van der Waals surface area contributed by atoms with Gasteiger partial charge in [0.05, 0.1) is 11.6 Å². The first-order valence-electron chi connectivity index (χ1n) is 9.49. The molecule has 0 saturated heterocycles. The summed E-state index contributed by atoms with van der Waals surface area (Å²) in [5, 5.41) is 4.77. The fourth-order valence-corrected chi connectivity index (χ4v) is 4.61. The zero-order valence-electron chi connectivity index (χ0n) is 15.6. The van der Waals surface area contributed by atoms with E-state index in [4.69, 9.17) is 0 Å². The van der Waals surface area contributed by atoms with Crippen molar-refractivity contribution in [3.05, 3.63) is 77.5 Å². The minimum atomic E-state index is -0.0913. The highest BCUT2D eigenvalue weighted by molar-refractivity contribution is 6.12. The summed E-state index contributed by atoms with van der Waals surface area (Å²) in [4.78, 5) is 17.8. The van der Waals surface area contributed by atoms with Crippen LogP contribution in [0.25, 0.3) is 16.5 Å². The number of pyridine rings is 1. The Kier molecular flexibility index (Phi) is 3.48. The minimum absolute atomic E-state index is 0.0316. The van der Waals surface area contributed by atoms with Gasteiger partial charge in [-0.3, -0.25) is 9.78 Å². The lowest BCUT2D eigenvalue weighted by Crippen LogP contribution is -2.33. The van der Waals surface area contributed by atoms with Crippen LogP contribution < -0.4 is 5.32 Å². The van der Waals surface area contributed by atoms with Crippen molar-refractivity contribution in [3.63, 3.8) is 0 Å². The number of allylic oxidation sites excluding steroid dienone is 1. The summed E-state index contributed by atoms with van der Waals surface area (Å²) < 4.78 is 0. The first-order chi connectivity index (χ1) is 13.0. The Labute approximate surface area is 159 Å². The summed E-state index contributed by atoms with van der Waals surface area (Å²) >= 11 is 0. The van der Waals surface area contributed by atoms with Gasteiger partial charge in [-0.25, -0.2) is 0 Å². The van der Waals surface area contributed by atoms with E-state index in [0.717, 1.165) is 39.7 Å². The summed E-state index contributed by atoms with van der Waals surface area (Å²) in [5.74, 6) is 0.258. The van der Waals surface area contributed by atoms with Crippen molar-refractivity contribution in [1.29, 1.82) is 0 Å². The van der Waals surface area contributed by atoms with Gasteiger partial charge in [0.2, 0.25) is 0 Å². The number of hydrogen-bond donors (Lipinski definition) is 1. The molecule has 0 spiro atoms. The highest BCUT2D eigenvalue weighted by Crippen LogP contribution is 2.51. The summed E-state index contributed by atoms with van der Waals surface area (Å²) in [6.07, 6.45) is 3.32. The van der Waals surface area contributed by atoms with Crippen molar-refractivity contribution < 1.29 is 4.79 Å². The molecule has 2 aliphatic rings. The molecule has 2 heterocycles. The quantitative estimate of drug-likeness (QED) is 0.623. The molecule has 2 aromatic carbocycles. The Morgan fingerprint density at radius 1 is 1.00 bits per heavy atom. The molecule has 1 aliphatic heterocycles. The predicted molar refractivity (Wildman–Crippen MR) is 109 cm³/mol. The third-order valence-corrected chi connectivity index (χ3v) is 5.73. The molecule has 1 atom stereocenters. The molecular formula is C24H22N2O. The van der Waals surface area contributed by atoms with Crippen molar-refractivity contribution in [2.24, 2.45) is 5.41 Å². The zero-order valence-corrected chi connectivity index (χ0v) is 15.6. The molecule has 1 unspecified atom stereocenters. The Balaban J connectivity index is 1.82. The molecule has 0 fully saturated rings. The SMILES string of the molecule is CC1(C)CC(=O)C2=C(C1)c1c(ccc3ncccc13)NC2c1ccccc1. The molecule has 5 rings (SSSR count). The average molecular weight is 354 g/mol. The van der Waals surface area contributed by atoms with Gasteiger partial charge in [-0.1, -0.05) is 50.2 Å². The maximum absolute atomic E-state index is 13.3. The maximum atomic E-state index is 13.3. The second-order valence-electron chi connectivity index (χ2n) is 8.38. The van der Waals surface area contributed by atoms with Gasteiger partial charge in [0.25, 0.3) is 0 Å². The van der Waals surface area contributed by atoms with Crippen LogP contribution in [0.4, 0.5) is 5.69 Å². The number of aromatic nitrogens is 1. The smallest absolute Gasteiger partial charge is 0.162 e. The number of nitrogens with zero attached hydrogens (tertiary/aromatic N) is 1. The second-order valence-corrected chi connectivity index (χ2v) is 8.38. The van der Waals surface area contributed by atoms with Gasteiger partial charge in [-0.2, -0.15) is 0 Å². The third kappa shape index (κ3) is 2.57. The molecule has 1 aromatic heterocycles. The van der Waals surface area contributed by atoms with E-state index in [-0.39, 0.29) is 17.2 Å². The largest absolute Gasteiger partial charge is 0.373 e. The molecule has 27 heavy (non-hydrogen) atoms. The van der Waals surface area contributed by atoms with E-state index >= 15 is 0 Å². The van der Waals surface area contributed by atoms with Gasteiger partial charge in [-0.05, 0) is 41.2 Å². The van der Waals surface area contributed by atoms with Crippen LogP contribution in [0, 0.1) is 5.41 Å².